The monoisotopic (exact) mass is 712 g/mol. The minimum absolute atomic E-state index is 0.174. The van der Waals surface area contributed by atoms with Crippen LogP contribution in [0, 0.1) is 13.8 Å². The molecular weight excluding hydrogens is 665 g/mol. The van der Waals surface area contributed by atoms with Gasteiger partial charge in [-0.2, -0.15) is 0 Å². The molecule has 0 saturated carbocycles. The number of thioether (sulfide) groups is 1. The van der Waals surface area contributed by atoms with Gasteiger partial charge in [-0.25, -0.2) is 13.4 Å². The molecule has 266 valence electrons. The molecule has 13 heteroatoms. The number of likely N-dealkylation sites (N-methyl/N-ethyl adjacent to an activating group) is 1. The van der Waals surface area contributed by atoms with Gasteiger partial charge in [0.05, 0.1) is 13.0 Å². The first kappa shape index (κ1) is 41.1. The van der Waals surface area contributed by atoms with Gasteiger partial charge in [0.1, 0.15) is 17.4 Å². The third kappa shape index (κ3) is 14.9. The van der Waals surface area contributed by atoms with Crippen LogP contribution < -0.4 is 10.1 Å². The molecule has 0 radical (unpaired) electrons. The number of hydrogen-bond acceptors (Lipinski definition) is 11. The van der Waals surface area contributed by atoms with Crippen molar-refractivity contribution < 1.29 is 33.4 Å². The number of carbonyl (C=O) groups excluding carboxylic acids is 3. The molecular formula is C36H48N4O7S2. The Hall–Kier alpha value is -4.04. The molecule has 11 nitrogen and oxygen atoms in total. The highest BCUT2D eigenvalue weighted by atomic mass is 32.2. The van der Waals surface area contributed by atoms with E-state index in [0.717, 1.165) is 33.6 Å². The Morgan fingerprint density at radius 1 is 1.00 bits per heavy atom. The average molecular weight is 713 g/mol. The highest BCUT2D eigenvalue weighted by Gasteiger charge is 2.22. The van der Waals surface area contributed by atoms with Crippen molar-refractivity contribution in [1.82, 2.24) is 13.9 Å². The van der Waals surface area contributed by atoms with E-state index in [0.29, 0.717) is 31.3 Å². The summed E-state index contributed by atoms with van der Waals surface area (Å²) in [6, 6.07) is 23.6. The smallest absolute Gasteiger partial charge is 0.446 e. The van der Waals surface area contributed by atoms with Crippen LogP contribution in [0.1, 0.15) is 54.2 Å². The molecule has 3 aromatic rings. The summed E-state index contributed by atoms with van der Waals surface area (Å²) >= 11 is 2.57. The van der Waals surface area contributed by atoms with E-state index >= 15 is 0 Å². The number of oxime groups is 1. The fraction of sp³-hybridized carbons (Fsp3) is 0.389. The summed E-state index contributed by atoms with van der Waals surface area (Å²) in [6.07, 6.45) is 0.860. The lowest BCUT2D eigenvalue weighted by Gasteiger charge is -2.24. The maximum absolute atomic E-state index is 12.0. The second-order valence-electron chi connectivity index (χ2n) is 10.6. The van der Waals surface area contributed by atoms with Gasteiger partial charge in [-0.05, 0) is 67.8 Å². The molecule has 49 heavy (non-hydrogen) atoms. The van der Waals surface area contributed by atoms with Crippen molar-refractivity contribution in [3.63, 3.8) is 0 Å². The van der Waals surface area contributed by atoms with Crippen LogP contribution in [0.4, 0.5) is 4.79 Å². The molecule has 1 atom stereocenters. The molecule has 0 aliphatic carbocycles. The van der Waals surface area contributed by atoms with Gasteiger partial charge in [0.15, 0.2) is 6.10 Å². The molecule has 0 aliphatic heterocycles. The van der Waals surface area contributed by atoms with Gasteiger partial charge < -0.3 is 19.5 Å². The van der Waals surface area contributed by atoms with E-state index in [-0.39, 0.29) is 18.3 Å². The van der Waals surface area contributed by atoms with Crippen LogP contribution in [0.15, 0.2) is 78.0 Å². The Balaban J connectivity index is 0.000000342. The summed E-state index contributed by atoms with van der Waals surface area (Å²) in [5.41, 5.74) is 5.06. The summed E-state index contributed by atoms with van der Waals surface area (Å²) in [5, 5.41) is 7.02. The first-order chi connectivity index (χ1) is 23.5. The molecule has 0 heterocycles. The number of rotatable bonds is 15. The van der Waals surface area contributed by atoms with Crippen molar-refractivity contribution in [2.45, 2.75) is 53.4 Å². The number of ether oxygens (including phenoxy) is 3. The van der Waals surface area contributed by atoms with E-state index in [4.69, 9.17) is 19.0 Å². The lowest BCUT2D eigenvalue weighted by atomic mass is 10.0. The van der Waals surface area contributed by atoms with Gasteiger partial charge in [0.25, 0.3) is 5.91 Å². The van der Waals surface area contributed by atoms with Crippen LogP contribution >= 0.6 is 23.9 Å². The van der Waals surface area contributed by atoms with E-state index in [1.54, 1.807) is 27.9 Å². The van der Waals surface area contributed by atoms with E-state index in [1.165, 1.54) is 35.3 Å². The van der Waals surface area contributed by atoms with Crippen LogP contribution in [0.25, 0.3) is 0 Å². The van der Waals surface area contributed by atoms with Gasteiger partial charge in [0, 0.05) is 46.4 Å². The third-order valence-electron chi connectivity index (χ3n) is 6.90. The summed E-state index contributed by atoms with van der Waals surface area (Å²) in [5.74, 6) is 0.414. The molecule has 0 bridgehead atoms. The number of amides is 2. The van der Waals surface area contributed by atoms with Gasteiger partial charge in [-0.15, -0.1) is 11.8 Å². The number of hydrogen-bond donors (Lipinski definition) is 1. The normalized spacial score (nSPS) is 11.6. The molecule has 0 aliphatic rings. The Morgan fingerprint density at radius 2 is 1.69 bits per heavy atom. The quantitative estimate of drug-likeness (QED) is 0.0437. The molecule has 3 aromatic carbocycles. The van der Waals surface area contributed by atoms with Crippen LogP contribution in [0.2, 0.25) is 0 Å². The third-order valence-corrected chi connectivity index (χ3v) is 8.50. The number of benzene rings is 3. The van der Waals surface area contributed by atoms with E-state index in [2.05, 4.69) is 16.5 Å². The summed E-state index contributed by atoms with van der Waals surface area (Å²) in [4.78, 5) is 40.6. The Bertz CT molecular complexity index is 1510. The number of carbonyl (C=O) groups is 3. The topological polar surface area (TPSA) is 119 Å². The van der Waals surface area contributed by atoms with E-state index in [1.807, 2.05) is 91.1 Å². The largest absolute Gasteiger partial charge is 0.489 e. The van der Waals surface area contributed by atoms with Crippen LogP contribution in [-0.2, 0) is 37.1 Å². The zero-order valence-corrected chi connectivity index (χ0v) is 31.2. The number of aryl methyl sites for hydroxylation is 2. The maximum Gasteiger partial charge on any atom is 0.446 e. The SMILES string of the molecule is CCOC(=O)CCN(Cc1ccccc1)SN(C)C(=O)O/N=C(\C)SC.CNC(=O)C(OC)c1ccccc1COc1cc(C)ccc1C. The zero-order valence-electron chi connectivity index (χ0n) is 29.6. The van der Waals surface area contributed by atoms with Crippen molar-refractivity contribution >= 4 is 46.9 Å². The second-order valence-corrected chi connectivity index (χ2v) is 12.9. The van der Waals surface area contributed by atoms with Crippen molar-refractivity contribution in [3.8, 4) is 5.75 Å². The van der Waals surface area contributed by atoms with Crippen molar-refractivity contribution in [2.75, 3.05) is 40.6 Å². The molecule has 0 saturated heterocycles. The average Bonchev–Trinajstić information content (AvgIpc) is 3.11. The molecule has 0 fully saturated rings. The van der Waals surface area contributed by atoms with Crippen molar-refractivity contribution in [1.29, 1.82) is 0 Å². The standard InChI is InChI=1S/C19H23NO3.C17H25N3O4S2/c1-13-9-10-14(2)17(11-13)23-12-15-7-5-6-8-16(15)18(22-4)19(21)20-3;1-5-23-16(21)11-12-20(13-15-9-7-6-8-10-15)26-19(3)17(22)24-18-14(2)25-4/h5-11,18H,12H2,1-4H3,(H,20,21);6-10H,5,11-13H2,1-4H3/b;18-14+. The first-order valence-electron chi connectivity index (χ1n) is 15.7. The lowest BCUT2D eigenvalue weighted by molar-refractivity contribution is -0.143. The molecule has 0 aromatic heterocycles. The summed E-state index contributed by atoms with van der Waals surface area (Å²) in [6.45, 7) is 9.32. The van der Waals surface area contributed by atoms with Crippen molar-refractivity contribution in [2.24, 2.45) is 5.16 Å². The zero-order chi connectivity index (χ0) is 36.2. The fourth-order valence-electron chi connectivity index (χ4n) is 4.24. The molecule has 1 unspecified atom stereocenters. The van der Waals surface area contributed by atoms with Crippen LogP contribution in [0.5, 0.6) is 5.75 Å². The van der Waals surface area contributed by atoms with E-state index in [9.17, 15) is 14.4 Å². The second kappa shape index (κ2) is 22.6. The number of nitrogens with zero attached hydrogens (tertiary/aromatic N) is 3. The number of nitrogens with one attached hydrogen (secondary N) is 1. The van der Waals surface area contributed by atoms with Gasteiger partial charge in [-0.3, -0.25) is 14.4 Å². The van der Waals surface area contributed by atoms with E-state index < -0.39 is 12.2 Å². The lowest BCUT2D eigenvalue weighted by Crippen LogP contribution is -2.28. The maximum atomic E-state index is 12.0. The van der Waals surface area contributed by atoms with Crippen molar-refractivity contribution in [3.05, 3.63) is 101 Å². The molecule has 0 spiro atoms. The first-order valence-corrected chi connectivity index (χ1v) is 17.7. The predicted molar refractivity (Wildman–Crippen MR) is 197 cm³/mol. The van der Waals surface area contributed by atoms with Crippen LogP contribution in [-0.4, -0.2) is 72.2 Å². The Labute approximate surface area is 298 Å². The van der Waals surface area contributed by atoms with Gasteiger partial charge in [0.2, 0.25) is 0 Å². The highest BCUT2D eigenvalue weighted by Crippen LogP contribution is 2.25. The minimum Gasteiger partial charge on any atom is -0.489 e. The predicted octanol–water partition coefficient (Wildman–Crippen LogP) is 7.09. The Morgan fingerprint density at radius 3 is 2.35 bits per heavy atom. The molecule has 2 amide bonds. The highest BCUT2D eigenvalue weighted by molar-refractivity contribution is 8.13. The minimum atomic E-state index is -0.640. The van der Waals surface area contributed by atoms with Gasteiger partial charge in [-0.1, -0.05) is 71.9 Å². The number of esters is 1. The summed E-state index contributed by atoms with van der Waals surface area (Å²) < 4.78 is 19.5. The molecule has 3 rings (SSSR count). The van der Waals surface area contributed by atoms with Crippen LogP contribution in [0.3, 0.4) is 0 Å². The van der Waals surface area contributed by atoms with Gasteiger partial charge >= 0.3 is 12.1 Å². The summed E-state index contributed by atoms with van der Waals surface area (Å²) in [7, 11) is 4.73. The molecule has 1 N–H and O–H groups in total. The number of methoxy groups -OCH3 is 1. The fourth-order valence-corrected chi connectivity index (χ4v) is 5.17. The Kier molecular flexibility index (Phi) is 18.9.